The van der Waals surface area contributed by atoms with E-state index in [0.717, 1.165) is 13.1 Å². The van der Waals surface area contributed by atoms with Crippen molar-refractivity contribution in [2.45, 2.75) is 13.8 Å². The highest BCUT2D eigenvalue weighted by atomic mass is 79.9. The molecule has 1 heterocycles. The van der Waals surface area contributed by atoms with Crippen molar-refractivity contribution in [1.29, 1.82) is 0 Å². The second kappa shape index (κ2) is 11.7. The summed E-state index contributed by atoms with van der Waals surface area (Å²) >= 11 is 3.20. The fraction of sp³-hybridized carbons (Fsp3) is 0.318. The normalized spacial score (nSPS) is 11.0. The molecule has 34 heavy (non-hydrogen) atoms. The topological polar surface area (TPSA) is 123 Å². The van der Waals surface area contributed by atoms with Crippen molar-refractivity contribution < 1.29 is 18.8 Å². The molecule has 0 saturated carbocycles. The molecule has 0 radical (unpaired) electrons. The minimum atomic E-state index is -0.579. The number of likely N-dealkylation sites (N-methyl/N-ethyl adjacent to an activating group) is 1. The van der Waals surface area contributed by atoms with Crippen molar-refractivity contribution in [3.8, 4) is 5.75 Å². The summed E-state index contributed by atoms with van der Waals surface area (Å²) in [5.41, 5.74) is 0.240. The van der Waals surface area contributed by atoms with E-state index in [4.69, 9.17) is 4.74 Å². The number of carbonyl (C=O) groups excluding carboxylic acids is 1. The Morgan fingerprint density at radius 1 is 1.24 bits per heavy atom. The van der Waals surface area contributed by atoms with Gasteiger partial charge in [0.15, 0.2) is 5.75 Å². The first-order valence-electron chi connectivity index (χ1n) is 10.6. The lowest BCUT2D eigenvalue weighted by atomic mass is 10.2. The molecule has 0 bridgehead atoms. The first-order chi connectivity index (χ1) is 16.3. The summed E-state index contributed by atoms with van der Waals surface area (Å²) in [5, 5.41) is 17.6. The second-order valence-corrected chi connectivity index (χ2v) is 8.14. The second-order valence-electron chi connectivity index (χ2n) is 7.23. The Balaban J connectivity index is 1.76. The molecule has 0 fully saturated rings. The molecule has 0 atom stereocenters. The molecule has 0 aliphatic carbocycles. The zero-order valence-electron chi connectivity index (χ0n) is 18.7. The zero-order chi connectivity index (χ0) is 24.7. The number of amides is 1. The molecule has 2 aromatic carbocycles. The lowest BCUT2D eigenvalue weighted by Crippen LogP contribution is -2.38. The quantitative estimate of drug-likeness (QED) is 0.215. The summed E-state index contributed by atoms with van der Waals surface area (Å²) in [6.45, 7) is 5.96. The maximum absolute atomic E-state index is 14.3. The number of ether oxygens (including phenoxy) is 1. The number of rotatable bonds is 11. The van der Waals surface area contributed by atoms with Crippen LogP contribution in [0.5, 0.6) is 5.75 Å². The van der Waals surface area contributed by atoms with Crippen LogP contribution < -0.4 is 15.4 Å². The molecule has 0 aliphatic rings. The van der Waals surface area contributed by atoms with E-state index in [1.165, 1.54) is 30.6 Å². The molecule has 0 aliphatic heterocycles. The molecule has 10 nitrogen and oxygen atoms in total. The molecule has 2 N–H and O–H groups in total. The van der Waals surface area contributed by atoms with Crippen LogP contribution in [0.2, 0.25) is 0 Å². The van der Waals surface area contributed by atoms with Crippen molar-refractivity contribution in [2.75, 3.05) is 38.1 Å². The molecule has 3 aromatic rings. The first-order valence-corrected chi connectivity index (χ1v) is 11.4. The number of nitrogens with zero attached hydrogens (tertiary/aromatic N) is 4. The van der Waals surface area contributed by atoms with Gasteiger partial charge in [0.2, 0.25) is 5.91 Å². The van der Waals surface area contributed by atoms with E-state index < -0.39 is 10.7 Å². The van der Waals surface area contributed by atoms with Gasteiger partial charge in [-0.15, -0.1) is 0 Å². The van der Waals surface area contributed by atoms with Gasteiger partial charge < -0.3 is 15.4 Å². The van der Waals surface area contributed by atoms with Crippen LogP contribution in [0.3, 0.4) is 0 Å². The number of nitrogens with one attached hydrogen (secondary N) is 2. The number of anilines is 2. The van der Waals surface area contributed by atoms with Crippen LogP contribution >= 0.6 is 15.9 Å². The van der Waals surface area contributed by atoms with Crippen LogP contribution in [-0.4, -0.2) is 58.5 Å². The highest BCUT2D eigenvalue weighted by Gasteiger charge is 2.20. The number of hydrogen-bond acceptors (Lipinski definition) is 8. The van der Waals surface area contributed by atoms with Gasteiger partial charge in [0, 0.05) is 16.6 Å². The summed E-state index contributed by atoms with van der Waals surface area (Å²) < 4.78 is 20.4. The minimum Gasteiger partial charge on any atom is -0.485 e. The van der Waals surface area contributed by atoms with Gasteiger partial charge in [-0.05, 0) is 31.3 Å². The molecule has 3 rings (SSSR count). The van der Waals surface area contributed by atoms with Crippen LogP contribution in [0.4, 0.5) is 21.6 Å². The Morgan fingerprint density at radius 2 is 2.00 bits per heavy atom. The predicted molar refractivity (Wildman–Crippen MR) is 130 cm³/mol. The standard InChI is InChI=1S/C22H24BrFN6O4/c1-3-29(4-2)12-21(31)25-7-8-34-20-11-18-15(10-19(20)30(32)33)22(27-13-26-18)28-17-6-5-14(23)9-16(17)24/h5-6,9-11,13H,3-4,7-8,12H2,1-2H3,(H,25,31)(H,26,27,28). The van der Waals surface area contributed by atoms with Crippen molar-refractivity contribution in [3.63, 3.8) is 0 Å². The lowest BCUT2D eigenvalue weighted by Gasteiger charge is -2.17. The number of halogens is 2. The lowest BCUT2D eigenvalue weighted by molar-refractivity contribution is -0.385. The predicted octanol–water partition coefficient (Wildman–Crippen LogP) is 4.02. The van der Waals surface area contributed by atoms with Crippen molar-refractivity contribution in [3.05, 3.63) is 57.1 Å². The van der Waals surface area contributed by atoms with E-state index >= 15 is 0 Å². The summed E-state index contributed by atoms with van der Waals surface area (Å²) in [6.07, 6.45) is 1.27. The Hall–Kier alpha value is -3.38. The minimum absolute atomic E-state index is 0.00923. The van der Waals surface area contributed by atoms with Gasteiger partial charge in [-0.1, -0.05) is 29.8 Å². The number of aromatic nitrogens is 2. The van der Waals surface area contributed by atoms with Crippen LogP contribution in [0, 0.1) is 15.9 Å². The molecule has 1 aromatic heterocycles. The summed E-state index contributed by atoms with van der Waals surface area (Å²) in [4.78, 5) is 33.3. The molecule has 180 valence electrons. The number of hydrogen-bond donors (Lipinski definition) is 2. The number of nitro groups is 1. The van der Waals surface area contributed by atoms with E-state index in [-0.39, 0.29) is 48.5 Å². The van der Waals surface area contributed by atoms with Crippen LogP contribution in [0.1, 0.15) is 13.8 Å². The summed E-state index contributed by atoms with van der Waals surface area (Å²) in [7, 11) is 0. The maximum atomic E-state index is 14.3. The summed E-state index contributed by atoms with van der Waals surface area (Å²) in [5.74, 6) is -0.443. The van der Waals surface area contributed by atoms with E-state index in [1.807, 2.05) is 18.7 Å². The molecular formula is C22H24BrFN6O4. The third kappa shape index (κ3) is 6.35. The van der Waals surface area contributed by atoms with Gasteiger partial charge in [-0.2, -0.15) is 0 Å². The fourth-order valence-electron chi connectivity index (χ4n) is 3.21. The van der Waals surface area contributed by atoms with E-state index in [1.54, 1.807) is 6.07 Å². The summed E-state index contributed by atoms with van der Waals surface area (Å²) in [6, 6.07) is 7.18. The van der Waals surface area contributed by atoms with Crippen LogP contribution in [0.15, 0.2) is 41.1 Å². The fourth-order valence-corrected chi connectivity index (χ4v) is 3.54. The molecule has 0 unspecified atom stereocenters. The van der Waals surface area contributed by atoms with Gasteiger partial charge in [-0.25, -0.2) is 14.4 Å². The molecule has 1 amide bonds. The number of nitro benzene ring substituents is 1. The van der Waals surface area contributed by atoms with Gasteiger partial charge in [-0.3, -0.25) is 19.8 Å². The average molecular weight is 535 g/mol. The Kier molecular flexibility index (Phi) is 8.66. The van der Waals surface area contributed by atoms with Gasteiger partial charge in [0.05, 0.1) is 34.6 Å². The Bertz CT molecular complexity index is 1190. The SMILES string of the molecule is CCN(CC)CC(=O)NCCOc1cc2ncnc(Nc3ccc(Br)cc3F)c2cc1[N+](=O)[O-]. The smallest absolute Gasteiger partial charge is 0.311 e. The van der Waals surface area contributed by atoms with E-state index in [9.17, 15) is 19.3 Å². The van der Waals surface area contributed by atoms with E-state index in [0.29, 0.717) is 15.4 Å². The third-order valence-electron chi connectivity index (χ3n) is 5.04. The van der Waals surface area contributed by atoms with Crippen molar-refractivity contribution in [2.24, 2.45) is 0 Å². The number of benzene rings is 2. The van der Waals surface area contributed by atoms with Crippen LogP contribution in [0.25, 0.3) is 10.9 Å². The molecule has 0 spiro atoms. The Labute approximate surface area is 203 Å². The monoisotopic (exact) mass is 534 g/mol. The van der Waals surface area contributed by atoms with E-state index in [2.05, 4.69) is 36.5 Å². The van der Waals surface area contributed by atoms with Crippen molar-refractivity contribution >= 4 is 49.9 Å². The number of fused-ring (bicyclic) bond motifs is 1. The largest absolute Gasteiger partial charge is 0.485 e. The highest BCUT2D eigenvalue weighted by Crippen LogP contribution is 2.35. The first kappa shape index (κ1) is 25.2. The van der Waals surface area contributed by atoms with Crippen molar-refractivity contribution in [1.82, 2.24) is 20.2 Å². The Morgan fingerprint density at radius 3 is 2.68 bits per heavy atom. The van der Waals surface area contributed by atoms with Crippen LogP contribution in [-0.2, 0) is 4.79 Å². The van der Waals surface area contributed by atoms with Gasteiger partial charge >= 0.3 is 5.69 Å². The van der Waals surface area contributed by atoms with Gasteiger partial charge in [0.25, 0.3) is 0 Å². The highest BCUT2D eigenvalue weighted by molar-refractivity contribution is 9.10. The molecule has 0 saturated heterocycles. The third-order valence-corrected chi connectivity index (χ3v) is 5.53. The molecule has 12 heteroatoms. The zero-order valence-corrected chi connectivity index (χ0v) is 20.3. The molecular weight excluding hydrogens is 511 g/mol. The number of carbonyl (C=O) groups is 1. The maximum Gasteiger partial charge on any atom is 0.311 e. The van der Waals surface area contributed by atoms with Gasteiger partial charge in [0.1, 0.15) is 24.6 Å². The average Bonchev–Trinajstić information content (AvgIpc) is 2.81.